The van der Waals surface area contributed by atoms with E-state index in [1.54, 1.807) is 18.2 Å². The highest BCUT2D eigenvalue weighted by molar-refractivity contribution is 7.95. The highest BCUT2D eigenvalue weighted by atomic mass is 32.2. The van der Waals surface area contributed by atoms with E-state index in [0.717, 1.165) is 5.56 Å². The molecule has 0 amide bonds. The summed E-state index contributed by atoms with van der Waals surface area (Å²) in [6.07, 6.45) is 0.626. The molecule has 0 saturated carbocycles. The maximum absolute atomic E-state index is 12.4. The summed E-state index contributed by atoms with van der Waals surface area (Å²) in [6.45, 7) is 1.99. The summed E-state index contributed by atoms with van der Waals surface area (Å²) in [5, 5.41) is 18.6. The summed E-state index contributed by atoms with van der Waals surface area (Å²) in [4.78, 5) is 2.80. The largest absolute Gasteiger partial charge is 0.515 e. The second-order valence-corrected chi connectivity index (χ2v) is 7.38. The quantitative estimate of drug-likeness (QED) is 0.612. The van der Waals surface area contributed by atoms with E-state index in [2.05, 4.69) is 4.98 Å². The average molecular weight is 343 g/mol. The zero-order chi connectivity index (χ0) is 17.6. The number of hydrogen-bond donors (Lipinski definition) is 1. The Morgan fingerprint density at radius 2 is 1.62 bits per heavy atom. The van der Waals surface area contributed by atoms with Gasteiger partial charge in [0, 0.05) is 6.42 Å². The second kappa shape index (κ2) is 7.75. The van der Waals surface area contributed by atoms with E-state index in [1.165, 1.54) is 12.1 Å². The van der Waals surface area contributed by atoms with Crippen molar-refractivity contribution in [2.24, 2.45) is 0 Å². The van der Waals surface area contributed by atoms with Crippen LogP contribution in [-0.4, -0.2) is 13.5 Å². The molecule has 0 fully saturated rings. The Bertz CT molecular complexity index is 854. The van der Waals surface area contributed by atoms with Crippen molar-refractivity contribution < 1.29 is 13.5 Å². The van der Waals surface area contributed by atoms with Gasteiger partial charge < -0.3 is 5.11 Å². The molecule has 2 rings (SSSR count). The van der Waals surface area contributed by atoms with Gasteiger partial charge in [0.15, 0.2) is 4.98 Å². The molecule has 0 aliphatic rings. The third kappa shape index (κ3) is 4.00. The lowest BCUT2D eigenvalue weighted by atomic mass is 9.96. The predicted octanol–water partition coefficient (Wildman–Crippen LogP) is 4.62. The molecule has 124 valence electrons. The molecule has 0 aliphatic carbocycles. The molecule has 2 aromatic rings. The zero-order valence-corrected chi connectivity index (χ0v) is 14.1. The van der Waals surface area contributed by atoms with Gasteiger partial charge in [0.25, 0.3) is 9.84 Å². The molecule has 5 nitrogen and oxygen atoms in total. The van der Waals surface area contributed by atoms with Gasteiger partial charge in [-0.25, -0.2) is 8.42 Å². The number of allylic oxidation sites excluding steroid dienone is 1. The lowest BCUT2D eigenvalue weighted by molar-refractivity contribution is 0.376. The molecule has 0 heterocycles. The highest BCUT2D eigenvalue weighted by Gasteiger charge is 2.37. The zero-order valence-electron chi connectivity index (χ0n) is 13.3. The maximum atomic E-state index is 12.4. The Labute approximate surface area is 141 Å². The van der Waals surface area contributed by atoms with Crippen molar-refractivity contribution in [2.45, 2.75) is 30.6 Å². The fourth-order valence-electron chi connectivity index (χ4n) is 2.39. The lowest BCUT2D eigenvalue weighted by Crippen LogP contribution is -2.06. The molecule has 24 heavy (non-hydrogen) atoms. The van der Waals surface area contributed by atoms with Crippen molar-refractivity contribution in [1.82, 2.24) is 0 Å². The Kier molecular flexibility index (Phi) is 5.72. The van der Waals surface area contributed by atoms with E-state index in [1.807, 2.05) is 37.3 Å². The fourth-order valence-corrected chi connectivity index (χ4v) is 3.64. The van der Waals surface area contributed by atoms with E-state index >= 15 is 0 Å². The summed E-state index contributed by atoms with van der Waals surface area (Å²) in [5.41, 5.74) is 1.10. The highest BCUT2D eigenvalue weighted by Crippen LogP contribution is 2.27. The average Bonchev–Trinajstić information content (AvgIpc) is 2.61. The van der Waals surface area contributed by atoms with Gasteiger partial charge in [-0.3, -0.25) is 0 Å². The van der Waals surface area contributed by atoms with Crippen molar-refractivity contribution in [3.05, 3.63) is 82.0 Å². The van der Waals surface area contributed by atoms with Gasteiger partial charge in [-0.15, -0.1) is 0 Å². The Morgan fingerprint density at radius 3 is 2.17 bits per heavy atom. The van der Waals surface area contributed by atoms with Crippen LogP contribution in [0.3, 0.4) is 0 Å². The Morgan fingerprint density at radius 1 is 1.08 bits per heavy atom. The fraction of sp³-hybridized carbons (Fsp3) is 0.222. The van der Waals surface area contributed by atoms with Crippen LogP contribution < -0.4 is 0 Å². The summed E-state index contributed by atoms with van der Waals surface area (Å²) in [6, 6.07) is 17.3. The molecule has 0 saturated heterocycles. The molecule has 6 heteroatoms. The normalized spacial score (nSPS) is 13.7. The first-order chi connectivity index (χ1) is 11.5. The Hall–Kier alpha value is -2.65. The monoisotopic (exact) mass is 343 g/mol. The molecular weight excluding hydrogens is 324 g/mol. The van der Waals surface area contributed by atoms with E-state index < -0.39 is 20.6 Å². The van der Waals surface area contributed by atoms with Gasteiger partial charge in [-0.2, -0.15) is 0 Å². The van der Waals surface area contributed by atoms with Gasteiger partial charge in [0.05, 0.1) is 4.90 Å². The van der Waals surface area contributed by atoms with Gasteiger partial charge >= 0.3 is 5.03 Å². The standard InChI is InChI=1S/C18H18N2O3S/c1-14(15-8-4-2-5-9-15)12-13-17(21)18(20-19)24(22,23)16-10-6-3-7-11-16/h2-11,14H,12-13H2,1H3/p+1/b18-17-. The topological polar surface area (TPSA) is 82.5 Å². The van der Waals surface area contributed by atoms with E-state index in [-0.39, 0.29) is 17.2 Å². The molecule has 1 unspecified atom stereocenters. The number of aliphatic hydroxyl groups excluding tert-OH is 1. The molecule has 0 bridgehead atoms. The molecule has 2 aromatic carbocycles. The maximum Gasteiger partial charge on any atom is 0.515 e. The van der Waals surface area contributed by atoms with Crippen LogP contribution in [0.15, 0.2) is 76.3 Å². The first-order valence-electron chi connectivity index (χ1n) is 7.59. The third-order valence-corrected chi connectivity index (χ3v) is 5.55. The van der Waals surface area contributed by atoms with E-state index in [4.69, 9.17) is 5.39 Å². The molecule has 0 spiro atoms. The van der Waals surface area contributed by atoms with Crippen molar-refractivity contribution in [3.8, 4) is 0 Å². The molecule has 0 radical (unpaired) electrons. The van der Waals surface area contributed by atoms with E-state index in [0.29, 0.717) is 6.42 Å². The lowest BCUT2D eigenvalue weighted by Gasteiger charge is -2.10. The van der Waals surface area contributed by atoms with E-state index in [9.17, 15) is 13.5 Å². The van der Waals surface area contributed by atoms with Crippen LogP contribution in [0.4, 0.5) is 0 Å². The minimum atomic E-state index is -4.05. The summed E-state index contributed by atoms with van der Waals surface area (Å²) in [7, 11) is -4.05. The number of nitrogens with zero attached hydrogens (tertiary/aromatic N) is 2. The van der Waals surface area contributed by atoms with Gasteiger partial charge in [0.2, 0.25) is 11.2 Å². The number of benzene rings is 2. The second-order valence-electron chi connectivity index (χ2n) is 5.52. The number of hydrogen-bond acceptors (Lipinski definition) is 4. The van der Waals surface area contributed by atoms with Crippen LogP contribution in [-0.2, 0) is 9.84 Å². The number of diazo groups is 1. The van der Waals surface area contributed by atoms with Crippen LogP contribution in [0.5, 0.6) is 0 Å². The van der Waals surface area contributed by atoms with Crippen molar-refractivity contribution in [3.63, 3.8) is 0 Å². The third-order valence-electron chi connectivity index (χ3n) is 3.83. The van der Waals surface area contributed by atoms with Crippen LogP contribution in [0, 0.1) is 5.39 Å². The number of aliphatic hydroxyl groups is 1. The van der Waals surface area contributed by atoms with Crippen LogP contribution in [0.25, 0.3) is 4.98 Å². The molecule has 1 atom stereocenters. The van der Waals surface area contributed by atoms with Gasteiger partial charge in [-0.1, -0.05) is 55.5 Å². The van der Waals surface area contributed by atoms with Crippen LogP contribution >= 0.6 is 0 Å². The molecule has 0 aromatic heterocycles. The summed E-state index contributed by atoms with van der Waals surface area (Å²) < 4.78 is 24.9. The van der Waals surface area contributed by atoms with Crippen molar-refractivity contribution in [1.29, 1.82) is 5.39 Å². The van der Waals surface area contributed by atoms with Crippen molar-refractivity contribution >= 4 is 9.84 Å². The van der Waals surface area contributed by atoms with Gasteiger partial charge in [0.1, 0.15) is 0 Å². The molecular formula is C18H19N2O3S+. The Balaban J connectivity index is 2.21. The molecule has 1 N–H and O–H groups in total. The number of sulfone groups is 1. The smallest absolute Gasteiger partial charge is 0.504 e. The van der Waals surface area contributed by atoms with Crippen LogP contribution in [0.1, 0.15) is 31.2 Å². The number of rotatable bonds is 6. The van der Waals surface area contributed by atoms with Gasteiger partial charge in [-0.05, 0) is 30.0 Å². The molecule has 0 aliphatic heterocycles. The SMILES string of the molecule is CC(CC/C(O)=C(\[N+]#N)S(=O)(=O)c1ccccc1)c1ccccc1. The summed E-state index contributed by atoms with van der Waals surface area (Å²) in [5.74, 6) is -0.308. The minimum Gasteiger partial charge on any atom is -0.504 e. The predicted molar refractivity (Wildman–Crippen MR) is 92.5 cm³/mol. The van der Waals surface area contributed by atoms with Crippen LogP contribution in [0.2, 0.25) is 0 Å². The van der Waals surface area contributed by atoms with Crippen molar-refractivity contribution in [2.75, 3.05) is 0 Å². The summed E-state index contributed by atoms with van der Waals surface area (Å²) >= 11 is 0. The minimum absolute atomic E-state index is 0.0274. The first-order valence-corrected chi connectivity index (χ1v) is 9.07. The first kappa shape index (κ1) is 17.7.